The first-order chi connectivity index (χ1) is 6.00. The van der Waals surface area contributed by atoms with Gasteiger partial charge in [0.25, 0.3) is 0 Å². The van der Waals surface area contributed by atoms with Crippen molar-refractivity contribution in [3.63, 3.8) is 0 Å². The van der Waals surface area contributed by atoms with E-state index >= 15 is 0 Å². The molecule has 0 saturated carbocycles. The number of hydrogen-bond donors (Lipinski definition) is 0. The Bertz CT molecular complexity index is 287. The summed E-state index contributed by atoms with van der Waals surface area (Å²) in [6.07, 6.45) is 1.87. The Morgan fingerprint density at radius 1 is 1.64 bits per heavy atom. The zero-order chi connectivity index (χ0) is 10.0. The minimum atomic E-state index is -2.36. The van der Waals surface area contributed by atoms with Crippen LogP contribution in [0.5, 0.6) is 0 Å². The maximum Gasteiger partial charge on any atom is 0.240 e. The van der Waals surface area contributed by atoms with E-state index in [1.165, 1.54) is 0 Å². The van der Waals surface area contributed by atoms with Crippen LogP contribution in [0.15, 0.2) is 28.4 Å². The van der Waals surface area contributed by atoms with E-state index in [0.717, 1.165) is 4.48 Å². The summed E-state index contributed by atoms with van der Waals surface area (Å²) in [5.41, 5.74) is 1.03. The average molecular weight is 338 g/mol. The second-order valence-electron chi connectivity index (χ2n) is 2.75. The van der Waals surface area contributed by atoms with Crippen molar-refractivity contribution in [2.45, 2.75) is 12.8 Å². The summed E-state index contributed by atoms with van der Waals surface area (Å²) in [5.74, 6) is 0. The molecular weight excluding hydrogens is 329 g/mol. The summed E-state index contributed by atoms with van der Waals surface area (Å²) in [6, 6.07) is 0. The van der Waals surface area contributed by atoms with Gasteiger partial charge >= 0.3 is 0 Å². The van der Waals surface area contributed by atoms with Crippen LogP contribution >= 0.6 is 15.9 Å². The fourth-order valence-electron chi connectivity index (χ4n) is 1.03. The molecule has 0 fully saturated rings. The fourth-order valence-corrected chi connectivity index (χ4v) is 1.57. The van der Waals surface area contributed by atoms with Gasteiger partial charge in [-0.3, -0.25) is 0 Å². The molecule has 0 saturated heterocycles. The Hall–Kier alpha value is 0.464. The zero-order valence-electron chi connectivity index (χ0n) is 7.73. The summed E-state index contributed by atoms with van der Waals surface area (Å²) in [6.45, 7) is 3.69. The summed E-state index contributed by atoms with van der Waals surface area (Å²) >= 11 is 3.24. The van der Waals surface area contributed by atoms with Crippen LogP contribution in [-0.4, -0.2) is 18.4 Å². The molecule has 75 valence electrons. The molecule has 0 spiro atoms. The van der Waals surface area contributed by atoms with E-state index in [4.69, 9.17) is 0 Å². The van der Waals surface area contributed by atoms with Crippen molar-refractivity contribution in [3.05, 3.63) is 34.6 Å². The Labute approximate surface area is 116 Å². The predicted octanol–water partition coefficient (Wildman–Crippen LogP) is 3.06. The van der Waals surface area contributed by atoms with Crippen LogP contribution in [0.4, 0.5) is 8.78 Å². The fraction of sp³-hybridized carbons (Fsp3) is 0.333. The smallest absolute Gasteiger partial charge is 0.240 e. The molecule has 1 aliphatic rings. The van der Waals surface area contributed by atoms with Crippen LogP contribution in [0.3, 0.4) is 0 Å². The van der Waals surface area contributed by atoms with Crippen molar-refractivity contribution in [2.75, 3.05) is 7.05 Å². The Balaban J connectivity index is 0.00000169. The number of nitrogens with zero attached hydrogens (tertiary/aromatic N) is 1. The second kappa shape index (κ2) is 6.14. The molecule has 5 heteroatoms. The summed E-state index contributed by atoms with van der Waals surface area (Å²) < 4.78 is 24.9. The van der Waals surface area contributed by atoms with Crippen LogP contribution in [0, 0.1) is 6.20 Å². The molecule has 0 bridgehead atoms. The third kappa shape index (κ3) is 3.91. The molecule has 0 unspecified atom stereocenters. The van der Waals surface area contributed by atoms with E-state index in [1.807, 2.05) is 0 Å². The molecule has 0 atom stereocenters. The van der Waals surface area contributed by atoms with E-state index in [2.05, 4.69) is 28.7 Å². The SMILES string of the molecule is C=C1C(CC(F)F)=[C-]N(C)C=C1Br.[Y]. The first-order valence-electron chi connectivity index (χ1n) is 3.71. The number of hydrogen-bond acceptors (Lipinski definition) is 1. The maximum atomic E-state index is 12.1. The van der Waals surface area contributed by atoms with Gasteiger partial charge in [-0.15, -0.1) is 17.7 Å². The minimum Gasteiger partial charge on any atom is -0.462 e. The number of allylic oxidation sites excluding steroid dienone is 3. The van der Waals surface area contributed by atoms with Crippen LogP contribution in [0.2, 0.25) is 0 Å². The molecule has 1 rings (SSSR count). The van der Waals surface area contributed by atoms with Gasteiger partial charge in [-0.2, -0.15) is 0 Å². The van der Waals surface area contributed by atoms with Crippen molar-refractivity contribution in [3.8, 4) is 0 Å². The van der Waals surface area contributed by atoms with Crippen molar-refractivity contribution in [1.29, 1.82) is 0 Å². The predicted molar refractivity (Wildman–Crippen MR) is 51.3 cm³/mol. The molecule has 14 heavy (non-hydrogen) atoms. The monoisotopic (exact) mass is 337 g/mol. The van der Waals surface area contributed by atoms with Crippen molar-refractivity contribution >= 4 is 15.9 Å². The molecule has 1 aliphatic heterocycles. The normalized spacial score (nSPS) is 16.4. The Morgan fingerprint density at radius 3 is 2.71 bits per heavy atom. The van der Waals surface area contributed by atoms with Crippen LogP contribution in [0.1, 0.15) is 6.42 Å². The van der Waals surface area contributed by atoms with Gasteiger partial charge in [0.15, 0.2) is 0 Å². The van der Waals surface area contributed by atoms with Crippen LogP contribution in [0.25, 0.3) is 0 Å². The van der Waals surface area contributed by atoms with Gasteiger partial charge in [0.05, 0.1) is 0 Å². The molecule has 0 aromatic rings. The van der Waals surface area contributed by atoms with Gasteiger partial charge in [-0.1, -0.05) is 32.8 Å². The minimum absolute atomic E-state index is 0. The van der Waals surface area contributed by atoms with E-state index in [-0.39, 0.29) is 39.1 Å². The van der Waals surface area contributed by atoms with E-state index in [0.29, 0.717) is 11.1 Å². The van der Waals surface area contributed by atoms with Crippen LogP contribution in [-0.2, 0) is 32.7 Å². The number of rotatable bonds is 2. The van der Waals surface area contributed by atoms with Crippen molar-refractivity contribution in [2.24, 2.45) is 0 Å². The molecule has 1 heterocycles. The van der Waals surface area contributed by atoms with Crippen molar-refractivity contribution < 1.29 is 41.5 Å². The first-order valence-corrected chi connectivity index (χ1v) is 4.50. The number of halogens is 3. The molecular formula is C9H9BrF2NY-. The van der Waals surface area contributed by atoms with Gasteiger partial charge in [0.1, 0.15) is 0 Å². The summed E-state index contributed by atoms with van der Waals surface area (Å²) in [7, 11) is 1.74. The van der Waals surface area contributed by atoms with Gasteiger partial charge in [-0.25, -0.2) is 8.78 Å². The molecule has 0 aliphatic carbocycles. The van der Waals surface area contributed by atoms with Gasteiger partial charge in [-0.05, 0) is 7.05 Å². The molecule has 1 radical (unpaired) electrons. The molecule has 0 aromatic heterocycles. The molecule has 0 amide bonds. The summed E-state index contributed by atoms with van der Waals surface area (Å²) in [4.78, 5) is 1.61. The quantitative estimate of drug-likeness (QED) is 0.700. The number of alkyl halides is 2. The Morgan fingerprint density at radius 2 is 2.21 bits per heavy atom. The third-order valence-electron chi connectivity index (χ3n) is 1.63. The second-order valence-corrected chi connectivity index (χ2v) is 3.61. The van der Waals surface area contributed by atoms with Crippen molar-refractivity contribution in [1.82, 2.24) is 4.90 Å². The van der Waals surface area contributed by atoms with Crippen LogP contribution < -0.4 is 0 Å². The molecule has 0 N–H and O–H groups in total. The van der Waals surface area contributed by atoms with E-state index < -0.39 is 6.43 Å². The largest absolute Gasteiger partial charge is 0.462 e. The third-order valence-corrected chi connectivity index (χ3v) is 2.31. The van der Waals surface area contributed by atoms with Gasteiger partial charge in [0.2, 0.25) is 6.43 Å². The van der Waals surface area contributed by atoms with E-state index in [1.54, 1.807) is 18.1 Å². The molecule has 1 nitrogen and oxygen atoms in total. The summed E-state index contributed by atoms with van der Waals surface area (Å²) in [5, 5.41) is 0. The van der Waals surface area contributed by atoms with Gasteiger partial charge < -0.3 is 4.90 Å². The topological polar surface area (TPSA) is 3.24 Å². The first kappa shape index (κ1) is 14.5. The van der Waals surface area contributed by atoms with E-state index in [9.17, 15) is 8.78 Å². The molecule has 0 aromatic carbocycles. The average Bonchev–Trinajstić information content (AvgIpc) is 1.98. The Kier molecular flexibility index (Phi) is 6.34. The van der Waals surface area contributed by atoms with Gasteiger partial charge in [0, 0.05) is 39.1 Å². The standard InChI is InChI=1S/C9H9BrF2N.Y/c1-6-7(3-9(11)12)4-13(2)5-8(6)10;/h5,9H,1,3H2,2H3;/q-1;. The maximum absolute atomic E-state index is 12.1. The zero-order valence-corrected chi connectivity index (χ0v) is 12.2.